The second-order valence-corrected chi connectivity index (χ2v) is 4.54. The van der Waals surface area contributed by atoms with Crippen molar-refractivity contribution in [3.8, 4) is 0 Å². The zero-order valence-corrected chi connectivity index (χ0v) is 9.49. The lowest BCUT2D eigenvalue weighted by Crippen LogP contribution is -2.37. The van der Waals surface area contributed by atoms with Crippen molar-refractivity contribution in [2.75, 3.05) is 0 Å². The zero-order valence-electron chi connectivity index (χ0n) is 9.49. The summed E-state index contributed by atoms with van der Waals surface area (Å²) in [4.78, 5) is 0. The van der Waals surface area contributed by atoms with E-state index in [1.54, 1.807) is 12.1 Å². The van der Waals surface area contributed by atoms with Crippen LogP contribution in [0.25, 0.3) is 0 Å². The molecule has 0 bridgehead atoms. The number of rotatable bonds is 3. The summed E-state index contributed by atoms with van der Waals surface area (Å²) < 4.78 is 12.8. The van der Waals surface area contributed by atoms with Gasteiger partial charge in [-0.15, -0.1) is 0 Å². The Labute approximate surface area is 95.5 Å². The third-order valence-electron chi connectivity index (χ3n) is 3.31. The van der Waals surface area contributed by atoms with Gasteiger partial charge in [-0.1, -0.05) is 12.1 Å². The van der Waals surface area contributed by atoms with Gasteiger partial charge in [0.2, 0.25) is 0 Å². The summed E-state index contributed by atoms with van der Waals surface area (Å²) in [7, 11) is 0. The fraction of sp³-hybridized carbons (Fsp3) is 0.538. The summed E-state index contributed by atoms with van der Waals surface area (Å²) >= 11 is 0. The van der Waals surface area contributed by atoms with Crippen molar-refractivity contribution >= 4 is 0 Å². The number of benzene rings is 1. The van der Waals surface area contributed by atoms with Crippen molar-refractivity contribution in [3.05, 3.63) is 35.6 Å². The van der Waals surface area contributed by atoms with Gasteiger partial charge in [-0.25, -0.2) is 4.39 Å². The molecule has 1 aliphatic rings. The van der Waals surface area contributed by atoms with Gasteiger partial charge in [-0.3, -0.25) is 0 Å². The first-order valence-corrected chi connectivity index (χ1v) is 5.86. The van der Waals surface area contributed by atoms with Gasteiger partial charge < -0.3 is 10.4 Å². The van der Waals surface area contributed by atoms with Gasteiger partial charge in [0.1, 0.15) is 5.82 Å². The summed E-state index contributed by atoms with van der Waals surface area (Å²) in [5, 5.41) is 13.1. The topological polar surface area (TPSA) is 32.3 Å². The first-order chi connectivity index (χ1) is 7.66. The maximum atomic E-state index is 12.8. The van der Waals surface area contributed by atoms with Crippen molar-refractivity contribution in [2.45, 2.75) is 44.4 Å². The van der Waals surface area contributed by atoms with E-state index >= 15 is 0 Å². The van der Waals surface area contributed by atoms with Crippen LogP contribution in [-0.2, 0) is 0 Å². The standard InChI is InChI=1S/C13H18FNO/c1-9(10-5-7-11(14)8-6-10)15-12-3-2-4-13(12)16/h5-9,12-13,15-16H,2-4H2,1H3/t9?,12-,13-/m1/s1. The highest BCUT2D eigenvalue weighted by atomic mass is 19.1. The van der Waals surface area contributed by atoms with Crippen LogP contribution in [0.4, 0.5) is 4.39 Å². The summed E-state index contributed by atoms with van der Waals surface area (Å²) in [6.07, 6.45) is 2.75. The first-order valence-electron chi connectivity index (χ1n) is 5.86. The summed E-state index contributed by atoms with van der Waals surface area (Å²) in [5.41, 5.74) is 1.06. The van der Waals surface area contributed by atoms with E-state index in [-0.39, 0.29) is 24.0 Å². The third kappa shape index (κ3) is 2.60. The molecule has 2 rings (SSSR count). The number of halogens is 1. The molecule has 0 spiro atoms. The molecule has 88 valence electrons. The van der Waals surface area contributed by atoms with E-state index in [1.807, 2.05) is 6.92 Å². The molecular weight excluding hydrogens is 205 g/mol. The summed E-state index contributed by atoms with van der Waals surface area (Å²) in [5.74, 6) is -0.211. The second kappa shape index (κ2) is 4.93. The number of aliphatic hydroxyl groups is 1. The molecule has 1 fully saturated rings. The molecule has 0 amide bonds. The van der Waals surface area contributed by atoms with Crippen molar-refractivity contribution < 1.29 is 9.50 Å². The number of nitrogens with one attached hydrogen (secondary N) is 1. The summed E-state index contributed by atoms with van der Waals surface area (Å²) in [6, 6.07) is 6.85. The van der Waals surface area contributed by atoms with Gasteiger partial charge in [0.05, 0.1) is 6.10 Å². The fourth-order valence-electron chi connectivity index (χ4n) is 2.30. The molecule has 3 heteroatoms. The van der Waals surface area contributed by atoms with Crippen LogP contribution in [0, 0.1) is 5.82 Å². The molecule has 0 radical (unpaired) electrons. The zero-order chi connectivity index (χ0) is 11.5. The Hall–Kier alpha value is -0.930. The monoisotopic (exact) mass is 223 g/mol. The minimum atomic E-state index is -0.233. The highest BCUT2D eigenvalue weighted by Gasteiger charge is 2.26. The molecule has 0 aromatic heterocycles. The molecule has 2 N–H and O–H groups in total. The molecule has 0 heterocycles. The molecule has 2 nitrogen and oxygen atoms in total. The lowest BCUT2D eigenvalue weighted by molar-refractivity contribution is 0.144. The maximum Gasteiger partial charge on any atom is 0.123 e. The van der Waals surface area contributed by atoms with E-state index in [2.05, 4.69) is 5.32 Å². The largest absolute Gasteiger partial charge is 0.392 e. The molecule has 16 heavy (non-hydrogen) atoms. The van der Waals surface area contributed by atoms with Crippen LogP contribution in [0.15, 0.2) is 24.3 Å². The van der Waals surface area contributed by atoms with Crippen molar-refractivity contribution in [1.29, 1.82) is 0 Å². The van der Waals surface area contributed by atoms with Crippen LogP contribution >= 0.6 is 0 Å². The van der Waals surface area contributed by atoms with E-state index in [1.165, 1.54) is 12.1 Å². The highest BCUT2D eigenvalue weighted by molar-refractivity contribution is 5.19. The third-order valence-corrected chi connectivity index (χ3v) is 3.31. The Morgan fingerprint density at radius 3 is 2.56 bits per heavy atom. The maximum absolute atomic E-state index is 12.8. The van der Waals surface area contributed by atoms with Gasteiger partial charge in [0.15, 0.2) is 0 Å². The van der Waals surface area contributed by atoms with Crippen LogP contribution in [0.3, 0.4) is 0 Å². The van der Waals surface area contributed by atoms with E-state index < -0.39 is 0 Å². The Morgan fingerprint density at radius 1 is 1.31 bits per heavy atom. The number of aliphatic hydroxyl groups excluding tert-OH is 1. The molecule has 1 unspecified atom stereocenters. The lowest BCUT2D eigenvalue weighted by Gasteiger charge is -2.22. The van der Waals surface area contributed by atoms with E-state index in [0.29, 0.717) is 0 Å². The van der Waals surface area contributed by atoms with Crippen molar-refractivity contribution in [3.63, 3.8) is 0 Å². The van der Waals surface area contributed by atoms with E-state index in [4.69, 9.17) is 0 Å². The smallest absolute Gasteiger partial charge is 0.123 e. The minimum absolute atomic E-state index is 0.151. The normalized spacial score (nSPS) is 26.9. The Morgan fingerprint density at radius 2 is 2.00 bits per heavy atom. The van der Waals surface area contributed by atoms with E-state index in [9.17, 15) is 9.50 Å². The lowest BCUT2D eigenvalue weighted by atomic mass is 10.1. The molecular formula is C13H18FNO. The number of hydrogen-bond donors (Lipinski definition) is 2. The van der Waals surface area contributed by atoms with Gasteiger partial charge in [-0.2, -0.15) is 0 Å². The Kier molecular flexibility index (Phi) is 3.56. The summed E-state index contributed by atoms with van der Waals surface area (Å²) in [6.45, 7) is 2.04. The molecule has 1 saturated carbocycles. The quantitative estimate of drug-likeness (QED) is 0.824. The Bertz CT molecular complexity index is 338. The molecule has 0 saturated heterocycles. The average molecular weight is 223 g/mol. The van der Waals surface area contributed by atoms with Gasteiger partial charge in [0.25, 0.3) is 0 Å². The molecule has 1 aromatic rings. The van der Waals surface area contributed by atoms with Crippen LogP contribution in [0.2, 0.25) is 0 Å². The van der Waals surface area contributed by atoms with Gasteiger partial charge in [-0.05, 0) is 43.9 Å². The van der Waals surface area contributed by atoms with Crippen LogP contribution < -0.4 is 5.32 Å². The van der Waals surface area contributed by atoms with Crippen LogP contribution in [0.5, 0.6) is 0 Å². The fourth-order valence-corrected chi connectivity index (χ4v) is 2.30. The molecule has 1 aromatic carbocycles. The van der Waals surface area contributed by atoms with E-state index in [0.717, 1.165) is 24.8 Å². The van der Waals surface area contributed by atoms with Crippen LogP contribution in [-0.4, -0.2) is 17.3 Å². The first kappa shape index (κ1) is 11.6. The SMILES string of the molecule is CC(N[C@@H]1CCC[C@H]1O)c1ccc(F)cc1. The predicted molar refractivity (Wildman–Crippen MR) is 61.6 cm³/mol. The van der Waals surface area contributed by atoms with Crippen molar-refractivity contribution in [1.82, 2.24) is 5.32 Å². The minimum Gasteiger partial charge on any atom is -0.392 e. The second-order valence-electron chi connectivity index (χ2n) is 4.54. The Balaban J connectivity index is 1.97. The van der Waals surface area contributed by atoms with Crippen molar-refractivity contribution in [2.24, 2.45) is 0 Å². The molecule has 0 aliphatic heterocycles. The van der Waals surface area contributed by atoms with Gasteiger partial charge in [0, 0.05) is 12.1 Å². The molecule has 3 atom stereocenters. The van der Waals surface area contributed by atoms with Gasteiger partial charge >= 0.3 is 0 Å². The highest BCUT2D eigenvalue weighted by Crippen LogP contribution is 2.22. The average Bonchev–Trinajstić information content (AvgIpc) is 2.65. The predicted octanol–water partition coefficient (Wildman–Crippen LogP) is 2.39. The number of hydrogen-bond acceptors (Lipinski definition) is 2. The molecule has 1 aliphatic carbocycles. The van der Waals surface area contributed by atoms with Crippen LogP contribution in [0.1, 0.15) is 37.8 Å².